The van der Waals surface area contributed by atoms with Crippen molar-refractivity contribution in [3.8, 4) is 5.75 Å². The predicted octanol–water partition coefficient (Wildman–Crippen LogP) is 4.32. The number of nitrogens with one attached hydrogen (secondary N) is 1. The van der Waals surface area contributed by atoms with E-state index in [1.807, 2.05) is 30.3 Å². The number of hydrogen-bond acceptors (Lipinski definition) is 3. The Morgan fingerprint density at radius 2 is 2.14 bits per heavy atom. The Hall–Kier alpha value is -1.65. The van der Waals surface area contributed by atoms with Gasteiger partial charge in [0.05, 0.1) is 18.7 Å². The number of para-hydroxylation sites is 1. The Labute approximate surface area is 139 Å². The highest BCUT2D eigenvalue weighted by molar-refractivity contribution is 7.99. The number of halogens is 1. The maximum Gasteiger partial charge on any atom is 0.255 e. The second kappa shape index (κ2) is 6.63. The molecule has 1 unspecified atom stereocenters. The average molecular weight is 334 g/mol. The third-order valence-corrected chi connectivity index (χ3v) is 5.03. The Balaban J connectivity index is 1.85. The van der Waals surface area contributed by atoms with Gasteiger partial charge in [-0.3, -0.25) is 4.79 Å². The standard InChI is InChI=1S/C17H16ClNO2S/c1-21-15-5-3-2-4-12(15)17(20)19-14-8-9-22-16-7-6-11(18)10-13(14)16/h2-7,10,14H,8-9H2,1H3,(H,19,20). The molecule has 114 valence electrons. The second-order valence-corrected chi connectivity index (χ2v) is 6.62. The van der Waals surface area contributed by atoms with Gasteiger partial charge in [-0.2, -0.15) is 0 Å². The van der Waals surface area contributed by atoms with E-state index in [0.29, 0.717) is 16.3 Å². The van der Waals surface area contributed by atoms with E-state index in [-0.39, 0.29) is 11.9 Å². The van der Waals surface area contributed by atoms with Crippen molar-refractivity contribution in [1.29, 1.82) is 0 Å². The zero-order valence-electron chi connectivity index (χ0n) is 12.1. The van der Waals surface area contributed by atoms with Crippen molar-refractivity contribution < 1.29 is 9.53 Å². The van der Waals surface area contributed by atoms with Crippen LogP contribution < -0.4 is 10.1 Å². The molecular formula is C17H16ClNO2S. The highest BCUT2D eigenvalue weighted by Crippen LogP contribution is 2.37. The van der Waals surface area contributed by atoms with E-state index in [9.17, 15) is 4.79 Å². The molecule has 1 aliphatic rings. The lowest BCUT2D eigenvalue weighted by molar-refractivity contribution is 0.0932. The van der Waals surface area contributed by atoms with Crippen LogP contribution in [0.4, 0.5) is 0 Å². The summed E-state index contributed by atoms with van der Waals surface area (Å²) in [6.45, 7) is 0. The van der Waals surface area contributed by atoms with E-state index in [4.69, 9.17) is 16.3 Å². The summed E-state index contributed by atoms with van der Waals surface area (Å²) >= 11 is 7.90. The fraction of sp³-hybridized carbons (Fsp3) is 0.235. The molecule has 0 fully saturated rings. The first-order valence-corrected chi connectivity index (χ1v) is 8.41. The molecule has 1 N–H and O–H groups in total. The van der Waals surface area contributed by atoms with Gasteiger partial charge in [0, 0.05) is 15.7 Å². The summed E-state index contributed by atoms with van der Waals surface area (Å²) in [5, 5.41) is 3.79. The Bertz CT molecular complexity index is 705. The summed E-state index contributed by atoms with van der Waals surface area (Å²) in [6, 6.07) is 13.1. The third kappa shape index (κ3) is 3.08. The van der Waals surface area contributed by atoms with E-state index in [0.717, 1.165) is 17.7 Å². The molecule has 1 heterocycles. The van der Waals surface area contributed by atoms with Crippen molar-refractivity contribution in [1.82, 2.24) is 5.32 Å². The first-order valence-electron chi connectivity index (χ1n) is 7.05. The highest BCUT2D eigenvalue weighted by atomic mass is 35.5. The molecule has 5 heteroatoms. The predicted molar refractivity (Wildman–Crippen MR) is 90.0 cm³/mol. The number of rotatable bonds is 3. The molecule has 0 bridgehead atoms. The maximum atomic E-state index is 12.6. The van der Waals surface area contributed by atoms with E-state index in [2.05, 4.69) is 5.32 Å². The number of methoxy groups -OCH3 is 1. The van der Waals surface area contributed by atoms with E-state index in [1.165, 1.54) is 4.90 Å². The quantitative estimate of drug-likeness (QED) is 0.909. The average Bonchev–Trinajstić information content (AvgIpc) is 2.55. The van der Waals surface area contributed by atoms with Gasteiger partial charge in [0.2, 0.25) is 0 Å². The number of ether oxygens (including phenoxy) is 1. The summed E-state index contributed by atoms with van der Waals surface area (Å²) < 4.78 is 5.26. The molecule has 0 radical (unpaired) electrons. The van der Waals surface area contributed by atoms with Crippen LogP contribution >= 0.6 is 23.4 Å². The summed E-state index contributed by atoms with van der Waals surface area (Å²) in [5.74, 6) is 1.43. The van der Waals surface area contributed by atoms with Crippen LogP contribution in [-0.2, 0) is 0 Å². The van der Waals surface area contributed by atoms with E-state index < -0.39 is 0 Å². The Morgan fingerprint density at radius 3 is 2.95 bits per heavy atom. The first kappa shape index (κ1) is 15.3. The van der Waals surface area contributed by atoms with Gasteiger partial charge in [-0.05, 0) is 42.3 Å². The number of amides is 1. The molecule has 0 saturated carbocycles. The number of hydrogen-bond donors (Lipinski definition) is 1. The Morgan fingerprint density at radius 1 is 1.32 bits per heavy atom. The monoisotopic (exact) mass is 333 g/mol. The van der Waals surface area contributed by atoms with Gasteiger partial charge in [0.1, 0.15) is 5.75 Å². The fourth-order valence-corrected chi connectivity index (χ4v) is 3.87. The minimum absolute atomic E-state index is 0.0210. The molecule has 0 aliphatic carbocycles. The van der Waals surface area contributed by atoms with Gasteiger partial charge in [-0.25, -0.2) is 0 Å². The molecule has 1 aliphatic heterocycles. The summed E-state index contributed by atoms with van der Waals surface area (Å²) in [7, 11) is 1.57. The SMILES string of the molecule is COc1ccccc1C(=O)NC1CCSc2ccc(Cl)cc21. The van der Waals surface area contributed by atoms with Gasteiger partial charge in [0.15, 0.2) is 0 Å². The van der Waals surface area contributed by atoms with Crippen molar-refractivity contribution in [3.05, 3.63) is 58.6 Å². The number of carbonyl (C=O) groups is 1. The topological polar surface area (TPSA) is 38.3 Å². The molecule has 3 nitrogen and oxygen atoms in total. The molecule has 22 heavy (non-hydrogen) atoms. The molecule has 3 rings (SSSR count). The fourth-order valence-electron chi connectivity index (χ4n) is 2.58. The molecule has 1 amide bonds. The highest BCUT2D eigenvalue weighted by Gasteiger charge is 2.24. The number of carbonyl (C=O) groups excluding carboxylic acids is 1. The zero-order chi connectivity index (χ0) is 15.5. The molecule has 0 spiro atoms. The molecule has 1 atom stereocenters. The van der Waals surface area contributed by atoms with Crippen molar-refractivity contribution >= 4 is 29.3 Å². The van der Waals surface area contributed by atoms with Gasteiger partial charge in [-0.1, -0.05) is 23.7 Å². The second-order valence-electron chi connectivity index (χ2n) is 5.05. The number of benzene rings is 2. The van der Waals surface area contributed by atoms with Crippen molar-refractivity contribution in [2.24, 2.45) is 0 Å². The smallest absolute Gasteiger partial charge is 0.255 e. The molecule has 2 aromatic rings. The van der Waals surface area contributed by atoms with Crippen LogP contribution in [0.2, 0.25) is 5.02 Å². The minimum Gasteiger partial charge on any atom is -0.496 e. The molecule has 0 saturated heterocycles. The summed E-state index contributed by atoms with van der Waals surface area (Å²) in [6.07, 6.45) is 0.888. The van der Waals surface area contributed by atoms with Crippen molar-refractivity contribution in [2.75, 3.05) is 12.9 Å². The van der Waals surface area contributed by atoms with E-state index >= 15 is 0 Å². The maximum absolute atomic E-state index is 12.6. The lowest BCUT2D eigenvalue weighted by atomic mass is 10.0. The number of thioether (sulfide) groups is 1. The van der Waals surface area contributed by atoms with E-state index in [1.54, 1.807) is 31.0 Å². The van der Waals surface area contributed by atoms with Crippen LogP contribution in [0, 0.1) is 0 Å². The van der Waals surface area contributed by atoms with Crippen LogP contribution in [0.25, 0.3) is 0 Å². The normalized spacial score (nSPS) is 16.7. The third-order valence-electron chi connectivity index (χ3n) is 3.67. The van der Waals surface area contributed by atoms with Gasteiger partial charge < -0.3 is 10.1 Å². The number of fused-ring (bicyclic) bond motifs is 1. The molecule has 0 aromatic heterocycles. The van der Waals surface area contributed by atoms with Crippen molar-refractivity contribution in [3.63, 3.8) is 0 Å². The summed E-state index contributed by atoms with van der Waals surface area (Å²) in [5.41, 5.74) is 1.64. The largest absolute Gasteiger partial charge is 0.496 e. The lowest BCUT2D eigenvalue weighted by Gasteiger charge is -2.26. The molecule has 2 aromatic carbocycles. The summed E-state index contributed by atoms with van der Waals surface area (Å²) in [4.78, 5) is 13.7. The van der Waals surface area contributed by atoms with Crippen LogP contribution in [-0.4, -0.2) is 18.8 Å². The minimum atomic E-state index is -0.125. The van der Waals surface area contributed by atoms with Crippen LogP contribution in [0.1, 0.15) is 28.4 Å². The zero-order valence-corrected chi connectivity index (χ0v) is 13.7. The van der Waals surface area contributed by atoms with Gasteiger partial charge >= 0.3 is 0 Å². The van der Waals surface area contributed by atoms with Gasteiger partial charge in [-0.15, -0.1) is 11.8 Å². The van der Waals surface area contributed by atoms with Gasteiger partial charge in [0.25, 0.3) is 5.91 Å². The van der Waals surface area contributed by atoms with Crippen LogP contribution in [0.15, 0.2) is 47.4 Å². The first-order chi connectivity index (χ1) is 10.7. The lowest BCUT2D eigenvalue weighted by Crippen LogP contribution is -2.30. The molecular weight excluding hydrogens is 318 g/mol. The Kier molecular flexibility index (Phi) is 4.60. The van der Waals surface area contributed by atoms with Crippen LogP contribution in [0.5, 0.6) is 5.75 Å². The van der Waals surface area contributed by atoms with Crippen molar-refractivity contribution in [2.45, 2.75) is 17.4 Å². The van der Waals surface area contributed by atoms with Crippen LogP contribution in [0.3, 0.4) is 0 Å².